The first kappa shape index (κ1) is 28.7. The van der Waals surface area contributed by atoms with Gasteiger partial charge in [-0.1, -0.05) is 127 Å². The highest BCUT2D eigenvalue weighted by atomic mass is 15.0. The molecule has 11 aromatic rings. The summed E-state index contributed by atoms with van der Waals surface area (Å²) in [6.07, 6.45) is 2.22. The summed E-state index contributed by atoms with van der Waals surface area (Å²) in [6, 6.07) is 59.7. The monoisotopic (exact) mass is 663 g/mol. The second kappa shape index (κ2) is 11.2. The molecule has 0 radical (unpaired) electrons. The number of nitrogens with zero attached hydrogens (tertiary/aromatic N) is 5. The summed E-state index contributed by atoms with van der Waals surface area (Å²) >= 11 is 0. The first-order valence-corrected chi connectivity index (χ1v) is 17.5. The van der Waals surface area contributed by atoms with Crippen LogP contribution in [0.2, 0.25) is 0 Å². The lowest BCUT2D eigenvalue weighted by atomic mass is 10.0. The van der Waals surface area contributed by atoms with Gasteiger partial charge in [-0.15, -0.1) is 0 Å². The highest BCUT2D eigenvalue weighted by Crippen LogP contribution is 2.43. The minimum absolute atomic E-state index is 0.641. The van der Waals surface area contributed by atoms with Crippen LogP contribution in [0.15, 0.2) is 176 Å². The van der Waals surface area contributed by atoms with E-state index >= 15 is 0 Å². The van der Waals surface area contributed by atoms with Crippen molar-refractivity contribution in [2.45, 2.75) is 0 Å². The number of para-hydroxylation sites is 2. The molecule has 0 fully saturated rings. The largest absolute Gasteiger partial charge is 0.315 e. The van der Waals surface area contributed by atoms with Crippen molar-refractivity contribution in [2.75, 3.05) is 0 Å². The number of benzene rings is 7. The van der Waals surface area contributed by atoms with Gasteiger partial charge >= 0.3 is 0 Å². The normalized spacial score (nSPS) is 11.8. The smallest absolute Gasteiger partial charge is 0.164 e. The Morgan fingerprint density at radius 2 is 0.904 bits per heavy atom. The van der Waals surface area contributed by atoms with Crippen LogP contribution in [0.5, 0.6) is 0 Å². The van der Waals surface area contributed by atoms with Gasteiger partial charge in [-0.3, -0.25) is 0 Å². The Hall–Kier alpha value is -7.11. The highest BCUT2D eigenvalue weighted by molar-refractivity contribution is 6.28. The fourth-order valence-electron chi connectivity index (χ4n) is 7.99. The molecule has 0 N–H and O–H groups in total. The maximum Gasteiger partial charge on any atom is 0.164 e. The Morgan fingerprint density at radius 1 is 0.346 bits per heavy atom. The third-order valence-electron chi connectivity index (χ3n) is 10.3. The second-order valence-corrected chi connectivity index (χ2v) is 13.3. The maximum atomic E-state index is 4.99. The number of rotatable bonds is 5. The average Bonchev–Trinajstić information content (AvgIpc) is 3.90. The Balaban J connectivity index is 1.08. The van der Waals surface area contributed by atoms with E-state index in [4.69, 9.17) is 15.0 Å². The number of hydrogen-bond donors (Lipinski definition) is 0. The van der Waals surface area contributed by atoms with E-state index in [0.717, 1.165) is 33.5 Å². The first-order valence-electron chi connectivity index (χ1n) is 17.5. The lowest BCUT2D eigenvalue weighted by Crippen LogP contribution is -2.00. The molecular weight excluding hydrogens is 635 g/mol. The van der Waals surface area contributed by atoms with Crippen molar-refractivity contribution in [1.82, 2.24) is 23.9 Å². The van der Waals surface area contributed by atoms with Crippen LogP contribution in [-0.4, -0.2) is 23.9 Å². The minimum Gasteiger partial charge on any atom is -0.315 e. The van der Waals surface area contributed by atoms with Crippen LogP contribution in [-0.2, 0) is 0 Å². The summed E-state index contributed by atoms with van der Waals surface area (Å²) in [5, 5.41) is 6.37. The third-order valence-corrected chi connectivity index (χ3v) is 10.3. The van der Waals surface area contributed by atoms with Crippen molar-refractivity contribution in [3.63, 3.8) is 0 Å². The topological polar surface area (TPSA) is 48.0 Å². The first-order chi connectivity index (χ1) is 25.8. The second-order valence-electron chi connectivity index (χ2n) is 13.3. The molecule has 4 heterocycles. The lowest BCUT2D eigenvalue weighted by molar-refractivity contribution is 1.07. The predicted octanol–water partition coefficient (Wildman–Crippen LogP) is 11.6. The predicted molar refractivity (Wildman–Crippen MR) is 213 cm³/mol. The highest BCUT2D eigenvalue weighted by Gasteiger charge is 2.21. The number of aromatic nitrogens is 5. The molecule has 5 nitrogen and oxygen atoms in total. The summed E-state index contributed by atoms with van der Waals surface area (Å²) in [5.41, 5.74) is 11.1. The molecule has 0 saturated heterocycles. The molecule has 0 bridgehead atoms. The molecule has 242 valence electrons. The molecule has 0 atom stereocenters. The Kier molecular flexibility index (Phi) is 6.18. The quantitative estimate of drug-likeness (QED) is 0.184. The van der Waals surface area contributed by atoms with Crippen LogP contribution >= 0.6 is 0 Å². The van der Waals surface area contributed by atoms with Gasteiger partial charge in [0.1, 0.15) is 0 Å². The molecule has 4 aromatic heterocycles. The minimum atomic E-state index is 0.641. The molecule has 0 saturated carbocycles. The van der Waals surface area contributed by atoms with Gasteiger partial charge in [-0.05, 0) is 53.6 Å². The molecule has 0 spiro atoms. The zero-order chi connectivity index (χ0) is 34.2. The maximum absolute atomic E-state index is 4.99. The van der Waals surface area contributed by atoms with Crippen molar-refractivity contribution in [3.05, 3.63) is 176 Å². The van der Waals surface area contributed by atoms with Crippen molar-refractivity contribution >= 4 is 49.0 Å². The van der Waals surface area contributed by atoms with E-state index in [9.17, 15) is 0 Å². The molecular formula is C47H29N5. The summed E-state index contributed by atoms with van der Waals surface area (Å²) in [7, 11) is 0. The van der Waals surface area contributed by atoms with Gasteiger partial charge in [0.2, 0.25) is 0 Å². The van der Waals surface area contributed by atoms with Crippen LogP contribution in [0, 0.1) is 0 Å². The zero-order valence-electron chi connectivity index (χ0n) is 28.0. The number of hydrogen-bond acceptors (Lipinski definition) is 3. The van der Waals surface area contributed by atoms with E-state index in [1.165, 1.54) is 49.0 Å². The molecule has 52 heavy (non-hydrogen) atoms. The molecule has 5 heteroatoms. The van der Waals surface area contributed by atoms with Crippen LogP contribution in [0.25, 0.3) is 100.0 Å². The fraction of sp³-hybridized carbons (Fsp3) is 0. The van der Waals surface area contributed by atoms with E-state index in [1.54, 1.807) is 0 Å². The standard InChI is InChI=1S/C47H29N5/c1-3-13-30(14-4-1)45-48-46(31-15-5-2-6-16-31)50-47(49-45)34-19-11-17-32(27-34)33-18-12-20-35(28-33)52-41-24-10-8-22-37(41)43-38-25-26-51-40-23-9-7-21-36(40)39(44(38)51)29-42(43)52/h1-29H. The Morgan fingerprint density at radius 3 is 1.63 bits per heavy atom. The molecule has 0 unspecified atom stereocenters. The van der Waals surface area contributed by atoms with Crippen molar-refractivity contribution in [2.24, 2.45) is 0 Å². The summed E-state index contributed by atoms with van der Waals surface area (Å²) in [6.45, 7) is 0. The number of fused-ring (bicyclic) bond motifs is 7. The van der Waals surface area contributed by atoms with Gasteiger partial charge in [0.15, 0.2) is 17.5 Å². The molecule has 7 aromatic carbocycles. The van der Waals surface area contributed by atoms with E-state index in [-0.39, 0.29) is 0 Å². The van der Waals surface area contributed by atoms with Gasteiger partial charge in [0.05, 0.1) is 22.1 Å². The van der Waals surface area contributed by atoms with Crippen LogP contribution in [0.1, 0.15) is 0 Å². The molecule has 11 rings (SSSR count). The Labute approximate surface area is 299 Å². The summed E-state index contributed by atoms with van der Waals surface area (Å²) in [4.78, 5) is 14.9. The Bertz CT molecular complexity index is 3060. The van der Waals surface area contributed by atoms with Crippen molar-refractivity contribution < 1.29 is 0 Å². The van der Waals surface area contributed by atoms with Gasteiger partial charge in [-0.25, -0.2) is 15.0 Å². The van der Waals surface area contributed by atoms with E-state index in [1.807, 2.05) is 60.7 Å². The van der Waals surface area contributed by atoms with Gasteiger partial charge in [0.25, 0.3) is 0 Å². The van der Waals surface area contributed by atoms with Crippen LogP contribution < -0.4 is 0 Å². The SMILES string of the molecule is c1ccc(-c2nc(-c3ccccc3)nc(-c3cccc(-c4cccc(-n5c6ccccc6c6c7ccn8c9ccccc9c(cc65)c78)c4)c3)n2)cc1. The molecule has 0 aliphatic heterocycles. The molecule has 0 amide bonds. The van der Waals surface area contributed by atoms with Gasteiger partial charge in [-0.2, -0.15) is 0 Å². The average molecular weight is 664 g/mol. The zero-order valence-corrected chi connectivity index (χ0v) is 28.0. The third kappa shape index (κ3) is 4.33. The van der Waals surface area contributed by atoms with Crippen molar-refractivity contribution in [3.8, 4) is 51.0 Å². The lowest BCUT2D eigenvalue weighted by Gasteiger charge is -2.12. The van der Waals surface area contributed by atoms with E-state index < -0.39 is 0 Å². The summed E-state index contributed by atoms with van der Waals surface area (Å²) < 4.78 is 4.77. The molecule has 0 aliphatic carbocycles. The van der Waals surface area contributed by atoms with Gasteiger partial charge in [0, 0.05) is 55.5 Å². The summed E-state index contributed by atoms with van der Waals surface area (Å²) in [5.74, 6) is 1.94. The van der Waals surface area contributed by atoms with Gasteiger partial charge < -0.3 is 8.97 Å². The molecule has 0 aliphatic rings. The van der Waals surface area contributed by atoms with Crippen LogP contribution in [0.3, 0.4) is 0 Å². The van der Waals surface area contributed by atoms with Crippen LogP contribution in [0.4, 0.5) is 0 Å². The van der Waals surface area contributed by atoms with E-state index in [0.29, 0.717) is 17.5 Å². The fourth-order valence-corrected chi connectivity index (χ4v) is 7.99. The van der Waals surface area contributed by atoms with Crippen molar-refractivity contribution in [1.29, 1.82) is 0 Å². The van der Waals surface area contributed by atoms with E-state index in [2.05, 4.69) is 124 Å².